The van der Waals surface area contributed by atoms with Gasteiger partial charge in [-0.3, -0.25) is 4.99 Å². The van der Waals surface area contributed by atoms with E-state index in [4.69, 9.17) is 9.47 Å². The molecular formula is C19H29IN4O2S. The molecule has 150 valence electrons. The molecule has 0 aliphatic heterocycles. The van der Waals surface area contributed by atoms with Crippen LogP contribution < -0.4 is 20.1 Å². The molecule has 0 spiro atoms. The molecule has 0 unspecified atom stereocenters. The van der Waals surface area contributed by atoms with Crippen LogP contribution in [-0.4, -0.2) is 44.8 Å². The molecule has 1 aromatic carbocycles. The van der Waals surface area contributed by atoms with Crippen LogP contribution in [0.3, 0.4) is 0 Å². The first-order valence-electron chi connectivity index (χ1n) is 8.90. The third kappa shape index (κ3) is 8.79. The van der Waals surface area contributed by atoms with Crippen LogP contribution in [0, 0.1) is 0 Å². The fraction of sp³-hybridized carbons (Fsp3) is 0.474. The van der Waals surface area contributed by atoms with E-state index in [-0.39, 0.29) is 24.0 Å². The van der Waals surface area contributed by atoms with Gasteiger partial charge in [-0.25, -0.2) is 4.98 Å². The van der Waals surface area contributed by atoms with Gasteiger partial charge in [0.1, 0.15) is 11.5 Å². The Morgan fingerprint density at radius 1 is 1.15 bits per heavy atom. The minimum atomic E-state index is 0. The third-order valence-corrected chi connectivity index (χ3v) is 4.95. The second-order valence-electron chi connectivity index (χ2n) is 5.63. The molecule has 2 rings (SSSR count). The van der Waals surface area contributed by atoms with Gasteiger partial charge in [-0.15, -0.1) is 35.3 Å². The highest BCUT2D eigenvalue weighted by atomic mass is 127. The standard InChI is InChI=1S/C19H28N4O2S.HI/c1-4-17-14-23-18(26-17)10-12-22-19(20-2)21-11-5-13-25-16-8-6-15(24-3)7-9-16;/h6-9,14H,4-5,10-13H2,1-3H3,(H2,20,21,22);1H. The Morgan fingerprint density at radius 3 is 2.48 bits per heavy atom. The lowest BCUT2D eigenvalue weighted by molar-refractivity contribution is 0.310. The first-order valence-corrected chi connectivity index (χ1v) is 9.71. The van der Waals surface area contributed by atoms with Gasteiger partial charge in [0.2, 0.25) is 0 Å². The SMILES string of the molecule is CCc1cnc(CCNC(=NC)NCCCOc2ccc(OC)cc2)s1.I. The van der Waals surface area contributed by atoms with E-state index in [2.05, 4.69) is 27.5 Å². The van der Waals surface area contributed by atoms with Crippen LogP contribution in [0.4, 0.5) is 0 Å². The number of guanidine groups is 1. The second-order valence-corrected chi connectivity index (χ2v) is 6.83. The van der Waals surface area contributed by atoms with Crippen molar-refractivity contribution < 1.29 is 9.47 Å². The number of aryl methyl sites for hydroxylation is 1. The van der Waals surface area contributed by atoms with E-state index in [0.717, 1.165) is 54.8 Å². The van der Waals surface area contributed by atoms with Gasteiger partial charge >= 0.3 is 0 Å². The molecule has 0 saturated carbocycles. The van der Waals surface area contributed by atoms with Crippen LogP contribution >= 0.6 is 35.3 Å². The zero-order valence-corrected chi connectivity index (χ0v) is 19.3. The molecule has 0 aliphatic rings. The molecule has 0 atom stereocenters. The summed E-state index contributed by atoms with van der Waals surface area (Å²) in [5, 5.41) is 7.78. The molecular weight excluding hydrogens is 475 g/mol. The summed E-state index contributed by atoms with van der Waals surface area (Å²) in [5.41, 5.74) is 0. The minimum Gasteiger partial charge on any atom is -0.497 e. The summed E-state index contributed by atoms with van der Waals surface area (Å²) in [5.74, 6) is 2.49. The van der Waals surface area contributed by atoms with Crippen molar-refractivity contribution in [2.24, 2.45) is 4.99 Å². The number of ether oxygens (including phenoxy) is 2. The quantitative estimate of drug-likeness (QED) is 0.225. The maximum Gasteiger partial charge on any atom is 0.190 e. The number of rotatable bonds is 10. The average Bonchev–Trinajstić information content (AvgIpc) is 3.14. The third-order valence-electron chi connectivity index (χ3n) is 3.75. The molecule has 1 heterocycles. The van der Waals surface area contributed by atoms with Gasteiger partial charge in [0.25, 0.3) is 0 Å². The Hall–Kier alpha value is -1.55. The van der Waals surface area contributed by atoms with E-state index in [1.54, 1.807) is 25.5 Å². The maximum absolute atomic E-state index is 5.71. The Morgan fingerprint density at radius 2 is 1.85 bits per heavy atom. The van der Waals surface area contributed by atoms with Crippen LogP contribution in [0.2, 0.25) is 0 Å². The van der Waals surface area contributed by atoms with Crippen LogP contribution in [0.15, 0.2) is 35.5 Å². The summed E-state index contributed by atoms with van der Waals surface area (Å²) >= 11 is 1.78. The molecule has 0 fully saturated rings. The van der Waals surface area contributed by atoms with Crippen molar-refractivity contribution in [3.05, 3.63) is 40.3 Å². The van der Waals surface area contributed by atoms with Gasteiger partial charge in [-0.2, -0.15) is 0 Å². The molecule has 27 heavy (non-hydrogen) atoms. The fourth-order valence-electron chi connectivity index (χ4n) is 2.28. The Labute approximate surface area is 182 Å². The lowest BCUT2D eigenvalue weighted by atomic mass is 10.3. The van der Waals surface area contributed by atoms with Crippen LogP contribution in [0.1, 0.15) is 23.2 Å². The number of aromatic nitrogens is 1. The van der Waals surface area contributed by atoms with E-state index >= 15 is 0 Å². The molecule has 1 aromatic heterocycles. The van der Waals surface area contributed by atoms with Gasteiger partial charge in [-0.1, -0.05) is 6.92 Å². The molecule has 0 radical (unpaired) electrons. The van der Waals surface area contributed by atoms with Crippen molar-refractivity contribution in [1.29, 1.82) is 0 Å². The highest BCUT2D eigenvalue weighted by Gasteiger charge is 2.02. The fourth-order valence-corrected chi connectivity index (χ4v) is 3.14. The molecule has 0 amide bonds. The lowest BCUT2D eigenvalue weighted by Crippen LogP contribution is -2.39. The summed E-state index contributed by atoms with van der Waals surface area (Å²) in [6.07, 6.45) is 4.81. The average molecular weight is 504 g/mol. The molecule has 6 nitrogen and oxygen atoms in total. The molecule has 0 saturated heterocycles. The minimum absolute atomic E-state index is 0. The van der Waals surface area contributed by atoms with Gasteiger partial charge in [0, 0.05) is 37.6 Å². The predicted octanol–water partition coefficient (Wildman–Crippen LogP) is 3.51. The van der Waals surface area contributed by atoms with Gasteiger partial charge in [0.05, 0.1) is 18.7 Å². The summed E-state index contributed by atoms with van der Waals surface area (Å²) in [4.78, 5) is 10.0. The number of aliphatic imine (C=N–C) groups is 1. The molecule has 2 aromatic rings. The first-order chi connectivity index (χ1) is 12.7. The van der Waals surface area contributed by atoms with Crippen molar-refractivity contribution in [1.82, 2.24) is 15.6 Å². The number of nitrogens with zero attached hydrogens (tertiary/aromatic N) is 2. The van der Waals surface area contributed by atoms with Crippen LogP contribution in [-0.2, 0) is 12.8 Å². The van der Waals surface area contributed by atoms with Gasteiger partial charge in [0.15, 0.2) is 5.96 Å². The van der Waals surface area contributed by atoms with E-state index in [0.29, 0.717) is 6.61 Å². The number of thiazole rings is 1. The molecule has 2 N–H and O–H groups in total. The smallest absolute Gasteiger partial charge is 0.190 e. The Bertz CT molecular complexity index is 677. The number of nitrogens with one attached hydrogen (secondary N) is 2. The lowest BCUT2D eigenvalue weighted by Gasteiger charge is -2.12. The second kappa shape index (κ2) is 13.6. The van der Waals surface area contributed by atoms with E-state index in [9.17, 15) is 0 Å². The number of halogens is 1. The summed E-state index contributed by atoms with van der Waals surface area (Å²) in [6.45, 7) is 4.42. The van der Waals surface area contributed by atoms with Crippen LogP contribution in [0.25, 0.3) is 0 Å². The van der Waals surface area contributed by atoms with Crippen molar-refractivity contribution in [2.45, 2.75) is 26.2 Å². The normalized spacial score (nSPS) is 10.9. The summed E-state index contributed by atoms with van der Waals surface area (Å²) in [6, 6.07) is 7.61. The predicted molar refractivity (Wildman–Crippen MR) is 123 cm³/mol. The summed E-state index contributed by atoms with van der Waals surface area (Å²) in [7, 11) is 3.43. The van der Waals surface area contributed by atoms with Crippen molar-refractivity contribution >= 4 is 41.3 Å². The Balaban J connectivity index is 0.00000364. The van der Waals surface area contributed by atoms with Crippen LogP contribution in [0.5, 0.6) is 11.5 Å². The highest BCUT2D eigenvalue weighted by Crippen LogP contribution is 2.17. The monoisotopic (exact) mass is 504 g/mol. The van der Waals surface area contributed by atoms with E-state index in [1.165, 1.54) is 4.88 Å². The molecule has 8 heteroatoms. The van der Waals surface area contributed by atoms with E-state index in [1.807, 2.05) is 30.5 Å². The van der Waals surface area contributed by atoms with Crippen molar-refractivity contribution in [2.75, 3.05) is 33.9 Å². The number of benzene rings is 1. The maximum atomic E-state index is 5.71. The zero-order valence-electron chi connectivity index (χ0n) is 16.2. The zero-order chi connectivity index (χ0) is 18.6. The number of methoxy groups -OCH3 is 1. The van der Waals surface area contributed by atoms with Crippen molar-refractivity contribution in [3.8, 4) is 11.5 Å². The van der Waals surface area contributed by atoms with Crippen molar-refractivity contribution in [3.63, 3.8) is 0 Å². The highest BCUT2D eigenvalue weighted by molar-refractivity contribution is 14.0. The van der Waals surface area contributed by atoms with Gasteiger partial charge in [-0.05, 0) is 37.1 Å². The van der Waals surface area contributed by atoms with E-state index < -0.39 is 0 Å². The number of hydrogen-bond donors (Lipinski definition) is 2. The largest absolute Gasteiger partial charge is 0.497 e. The summed E-state index contributed by atoms with van der Waals surface area (Å²) < 4.78 is 10.8. The first kappa shape index (κ1) is 23.5. The molecule has 0 aliphatic carbocycles. The van der Waals surface area contributed by atoms with Gasteiger partial charge < -0.3 is 20.1 Å². The topological polar surface area (TPSA) is 67.8 Å². The molecule has 0 bridgehead atoms. The number of hydrogen-bond acceptors (Lipinski definition) is 5. The Kier molecular flexibility index (Phi) is 11.8.